The first-order chi connectivity index (χ1) is 11.8. The molecular weight excluding hydrogens is 336 g/mol. The van der Waals surface area contributed by atoms with Crippen LogP contribution in [-0.2, 0) is 27.8 Å². The minimum Gasteiger partial charge on any atom is -0.341 e. The van der Waals surface area contributed by atoms with Gasteiger partial charge in [0.2, 0.25) is 15.9 Å². The van der Waals surface area contributed by atoms with Crippen LogP contribution in [0.4, 0.5) is 0 Å². The van der Waals surface area contributed by atoms with Crippen LogP contribution in [0, 0.1) is 6.92 Å². The summed E-state index contributed by atoms with van der Waals surface area (Å²) in [6.45, 7) is 2.62. The predicted molar refractivity (Wildman–Crippen MR) is 98.7 cm³/mol. The van der Waals surface area contributed by atoms with Gasteiger partial charge >= 0.3 is 0 Å². The summed E-state index contributed by atoms with van der Waals surface area (Å²) in [5, 5.41) is 0. The first kappa shape index (κ1) is 19.1. The van der Waals surface area contributed by atoms with Crippen LogP contribution in [0.3, 0.4) is 0 Å². The number of rotatable bonds is 7. The van der Waals surface area contributed by atoms with Crippen molar-refractivity contribution < 1.29 is 13.2 Å². The maximum absolute atomic E-state index is 12.3. The Morgan fingerprint density at radius 2 is 1.56 bits per heavy atom. The molecule has 0 aliphatic rings. The van der Waals surface area contributed by atoms with Crippen molar-refractivity contribution in [2.45, 2.75) is 31.2 Å². The zero-order chi connectivity index (χ0) is 18.4. The molecule has 0 aromatic heterocycles. The van der Waals surface area contributed by atoms with Gasteiger partial charge in [-0.15, -0.1) is 0 Å². The van der Waals surface area contributed by atoms with Gasteiger partial charge in [-0.25, -0.2) is 13.1 Å². The predicted octanol–water partition coefficient (Wildman–Crippen LogP) is 2.49. The maximum atomic E-state index is 12.3. The Kier molecular flexibility index (Phi) is 6.33. The van der Waals surface area contributed by atoms with E-state index in [0.29, 0.717) is 19.4 Å². The molecule has 25 heavy (non-hydrogen) atoms. The molecule has 0 atom stereocenters. The number of nitrogens with zero attached hydrogens (tertiary/aromatic N) is 1. The Labute approximate surface area is 149 Å². The molecule has 0 aliphatic carbocycles. The van der Waals surface area contributed by atoms with E-state index in [1.54, 1.807) is 36.2 Å². The van der Waals surface area contributed by atoms with Gasteiger partial charge in [-0.3, -0.25) is 4.79 Å². The van der Waals surface area contributed by atoms with Crippen molar-refractivity contribution >= 4 is 15.9 Å². The van der Waals surface area contributed by atoms with E-state index in [1.807, 2.05) is 31.2 Å². The van der Waals surface area contributed by atoms with Crippen LogP contribution in [0.5, 0.6) is 0 Å². The lowest BCUT2D eigenvalue weighted by Gasteiger charge is -2.17. The second-order valence-electron chi connectivity index (χ2n) is 6.09. The van der Waals surface area contributed by atoms with E-state index >= 15 is 0 Å². The second kappa shape index (κ2) is 8.27. The van der Waals surface area contributed by atoms with Crippen LogP contribution in [0.25, 0.3) is 0 Å². The lowest BCUT2D eigenvalue weighted by molar-refractivity contribution is -0.130. The Morgan fingerprint density at radius 1 is 1.00 bits per heavy atom. The van der Waals surface area contributed by atoms with Crippen LogP contribution >= 0.6 is 0 Å². The molecule has 0 radical (unpaired) electrons. The van der Waals surface area contributed by atoms with E-state index < -0.39 is 10.0 Å². The fourth-order valence-corrected chi connectivity index (χ4v) is 3.18. The average molecular weight is 360 g/mol. The Hall–Kier alpha value is -2.18. The maximum Gasteiger partial charge on any atom is 0.240 e. The number of aryl methyl sites for hydroxylation is 2. The highest BCUT2D eigenvalue weighted by molar-refractivity contribution is 7.89. The summed E-state index contributed by atoms with van der Waals surface area (Å²) in [5.74, 6) is 0.0625. The summed E-state index contributed by atoms with van der Waals surface area (Å²) in [6, 6.07) is 14.7. The summed E-state index contributed by atoms with van der Waals surface area (Å²) in [4.78, 5) is 14.2. The number of carbonyl (C=O) groups excluding carboxylic acids is 1. The normalized spacial score (nSPS) is 11.3. The van der Waals surface area contributed by atoms with Gasteiger partial charge in [0.15, 0.2) is 0 Å². The smallest absolute Gasteiger partial charge is 0.240 e. The average Bonchev–Trinajstić information content (AvgIpc) is 2.62. The van der Waals surface area contributed by atoms with Crippen molar-refractivity contribution in [1.82, 2.24) is 9.62 Å². The zero-order valence-electron chi connectivity index (χ0n) is 14.8. The van der Waals surface area contributed by atoms with E-state index in [0.717, 1.165) is 11.1 Å². The third-order valence-corrected chi connectivity index (χ3v) is 5.53. The molecule has 2 aromatic rings. The number of hydrogen-bond acceptors (Lipinski definition) is 3. The summed E-state index contributed by atoms with van der Waals surface area (Å²) in [6.07, 6.45) is 0.970. The molecule has 2 aromatic carbocycles. The number of benzene rings is 2. The zero-order valence-corrected chi connectivity index (χ0v) is 15.6. The van der Waals surface area contributed by atoms with Crippen LogP contribution in [0.2, 0.25) is 0 Å². The first-order valence-corrected chi connectivity index (χ1v) is 9.62. The van der Waals surface area contributed by atoms with Crippen molar-refractivity contribution in [1.29, 1.82) is 0 Å². The highest BCUT2D eigenvalue weighted by atomic mass is 32.2. The molecule has 0 saturated carbocycles. The monoisotopic (exact) mass is 360 g/mol. The summed E-state index contributed by atoms with van der Waals surface area (Å²) >= 11 is 0. The molecule has 1 N–H and O–H groups in total. The van der Waals surface area contributed by atoms with Gasteiger partial charge in [0.1, 0.15) is 0 Å². The van der Waals surface area contributed by atoms with Gasteiger partial charge in [-0.2, -0.15) is 0 Å². The van der Waals surface area contributed by atoms with Gasteiger partial charge in [0.05, 0.1) is 4.90 Å². The van der Waals surface area contributed by atoms with E-state index in [-0.39, 0.29) is 10.8 Å². The number of nitrogens with one attached hydrogen (secondary N) is 1. The Bertz CT molecular complexity index is 813. The van der Waals surface area contributed by atoms with Crippen LogP contribution in [-0.4, -0.2) is 33.3 Å². The number of carbonyl (C=O) groups is 1. The molecule has 5 nitrogen and oxygen atoms in total. The van der Waals surface area contributed by atoms with Crippen molar-refractivity contribution in [2.75, 3.05) is 14.1 Å². The van der Waals surface area contributed by atoms with Crippen LogP contribution in [0.15, 0.2) is 53.4 Å². The van der Waals surface area contributed by atoms with Crippen molar-refractivity contribution in [2.24, 2.45) is 0 Å². The molecule has 6 heteroatoms. The molecular formula is C19H24N2O3S. The molecule has 0 fully saturated rings. The van der Waals surface area contributed by atoms with Crippen molar-refractivity contribution in [3.63, 3.8) is 0 Å². The quantitative estimate of drug-likeness (QED) is 0.825. The van der Waals surface area contributed by atoms with E-state index in [9.17, 15) is 13.2 Å². The number of hydrogen-bond donors (Lipinski definition) is 1. The van der Waals surface area contributed by atoms with Gasteiger partial charge in [-0.05, 0) is 43.7 Å². The third kappa shape index (κ3) is 5.41. The van der Waals surface area contributed by atoms with Gasteiger partial charge in [0, 0.05) is 20.0 Å². The first-order valence-electron chi connectivity index (χ1n) is 8.14. The summed E-state index contributed by atoms with van der Waals surface area (Å²) in [7, 11) is -0.245. The van der Waals surface area contributed by atoms with E-state index in [4.69, 9.17) is 0 Å². The topological polar surface area (TPSA) is 66.5 Å². The highest BCUT2D eigenvalue weighted by Gasteiger charge is 2.12. The fourth-order valence-electron chi connectivity index (χ4n) is 2.45. The lowest BCUT2D eigenvalue weighted by atomic mass is 10.1. The van der Waals surface area contributed by atoms with Crippen molar-refractivity contribution in [3.05, 3.63) is 65.2 Å². The lowest BCUT2D eigenvalue weighted by Crippen LogP contribution is -2.26. The summed E-state index contributed by atoms with van der Waals surface area (Å²) < 4.78 is 25.7. The highest BCUT2D eigenvalue weighted by Crippen LogP contribution is 2.13. The Balaban J connectivity index is 1.89. The summed E-state index contributed by atoms with van der Waals surface area (Å²) in [5.41, 5.74) is 3.23. The molecule has 0 bridgehead atoms. The van der Waals surface area contributed by atoms with Gasteiger partial charge in [0.25, 0.3) is 0 Å². The van der Waals surface area contributed by atoms with Crippen LogP contribution < -0.4 is 4.72 Å². The molecule has 0 spiro atoms. The van der Waals surface area contributed by atoms with Gasteiger partial charge < -0.3 is 4.90 Å². The minimum absolute atomic E-state index is 0.0625. The SMILES string of the molecule is CNS(=O)(=O)c1ccc(CCC(=O)N(C)Cc2ccc(C)cc2)cc1. The molecule has 2 rings (SSSR count). The minimum atomic E-state index is -3.42. The third-order valence-electron chi connectivity index (χ3n) is 4.10. The van der Waals surface area contributed by atoms with Gasteiger partial charge in [-0.1, -0.05) is 42.0 Å². The molecule has 0 saturated heterocycles. The van der Waals surface area contributed by atoms with Crippen molar-refractivity contribution in [3.8, 4) is 0 Å². The number of amides is 1. The molecule has 0 heterocycles. The fraction of sp³-hybridized carbons (Fsp3) is 0.316. The van der Waals surface area contributed by atoms with E-state index in [2.05, 4.69) is 4.72 Å². The van der Waals surface area contributed by atoms with Crippen LogP contribution in [0.1, 0.15) is 23.1 Å². The second-order valence-corrected chi connectivity index (χ2v) is 7.97. The standard InChI is InChI=1S/C19H24N2O3S/c1-15-4-6-17(7-5-15)14-21(3)19(22)13-10-16-8-11-18(12-9-16)25(23,24)20-2/h4-9,11-12,20H,10,13-14H2,1-3H3. The largest absolute Gasteiger partial charge is 0.341 e. The molecule has 134 valence electrons. The molecule has 0 unspecified atom stereocenters. The number of sulfonamides is 1. The molecule has 1 amide bonds. The molecule has 0 aliphatic heterocycles. The van der Waals surface area contributed by atoms with E-state index in [1.165, 1.54) is 12.6 Å². The Morgan fingerprint density at radius 3 is 2.12 bits per heavy atom.